The van der Waals surface area contributed by atoms with Gasteiger partial charge in [-0.1, -0.05) is 36.8 Å². The summed E-state index contributed by atoms with van der Waals surface area (Å²) in [6.45, 7) is 0.834. The lowest BCUT2D eigenvalue weighted by Gasteiger charge is -2.39. The molecule has 0 spiro atoms. The summed E-state index contributed by atoms with van der Waals surface area (Å²) < 4.78 is 28.1. The maximum absolute atomic E-state index is 13.3. The predicted octanol–water partition coefficient (Wildman–Crippen LogP) is 2.96. The topological polar surface area (TPSA) is 107 Å². The van der Waals surface area contributed by atoms with Crippen molar-refractivity contribution in [1.29, 1.82) is 0 Å². The van der Waals surface area contributed by atoms with Crippen molar-refractivity contribution < 1.29 is 13.3 Å². The highest BCUT2D eigenvalue weighted by Crippen LogP contribution is 2.31. The van der Waals surface area contributed by atoms with Crippen LogP contribution in [0.1, 0.15) is 24.8 Å². The van der Waals surface area contributed by atoms with Crippen LogP contribution in [0.4, 0.5) is 5.69 Å². The van der Waals surface area contributed by atoms with Crippen LogP contribution in [0, 0.1) is 16.0 Å². The Morgan fingerprint density at radius 3 is 2.39 bits per heavy atom. The van der Waals surface area contributed by atoms with E-state index in [0.717, 1.165) is 24.8 Å². The summed E-state index contributed by atoms with van der Waals surface area (Å²) >= 11 is 0. The van der Waals surface area contributed by atoms with Crippen LogP contribution in [0.5, 0.6) is 0 Å². The summed E-state index contributed by atoms with van der Waals surface area (Å²) in [5.74, 6) is 0.00974. The van der Waals surface area contributed by atoms with Gasteiger partial charge in [-0.15, -0.1) is 0 Å². The first-order valence-corrected chi connectivity index (χ1v) is 10.9. The first-order chi connectivity index (χ1) is 13.4. The second kappa shape index (κ2) is 8.81. The molecule has 0 amide bonds. The normalized spacial score (nSPS) is 19.2. The molecule has 2 aromatic rings. The molecule has 28 heavy (non-hydrogen) atoms. The number of piperidine rings is 1. The standard InChI is InChI=1S/C20H25N3O4S/c21-15-17(14-16-6-2-1-3-7-16)20-8-4-5-13-22(20)28(26,27)19-11-9-18(10-12-19)23(24)25/h1-3,6-7,9-12,17,20H,4-5,8,13-15,21H2/t17-,20-/m1/s1. The largest absolute Gasteiger partial charge is 0.330 e. The molecule has 8 heteroatoms. The number of nitrogens with two attached hydrogens (primary N) is 1. The molecule has 2 N–H and O–H groups in total. The molecule has 1 saturated heterocycles. The third-order valence-corrected chi connectivity index (χ3v) is 7.28. The molecular weight excluding hydrogens is 378 g/mol. The summed E-state index contributed by atoms with van der Waals surface area (Å²) in [4.78, 5) is 10.4. The van der Waals surface area contributed by atoms with Crippen LogP contribution in [0.2, 0.25) is 0 Å². The molecular formula is C20H25N3O4S. The maximum Gasteiger partial charge on any atom is 0.269 e. The lowest BCUT2D eigenvalue weighted by atomic mass is 9.87. The number of rotatable bonds is 7. The van der Waals surface area contributed by atoms with E-state index in [0.29, 0.717) is 19.5 Å². The number of nitro groups is 1. The van der Waals surface area contributed by atoms with Crippen molar-refractivity contribution in [2.75, 3.05) is 13.1 Å². The maximum atomic E-state index is 13.3. The van der Waals surface area contributed by atoms with Gasteiger partial charge in [0.2, 0.25) is 10.0 Å². The molecule has 2 atom stereocenters. The number of benzene rings is 2. The molecule has 0 saturated carbocycles. The summed E-state index contributed by atoms with van der Waals surface area (Å²) in [6, 6.07) is 14.9. The Labute approximate surface area is 165 Å². The van der Waals surface area contributed by atoms with Crippen LogP contribution in [0.15, 0.2) is 59.5 Å². The zero-order valence-corrected chi connectivity index (χ0v) is 16.4. The Hall–Kier alpha value is -2.29. The molecule has 1 aliphatic rings. The van der Waals surface area contributed by atoms with Crippen molar-refractivity contribution in [3.05, 3.63) is 70.3 Å². The van der Waals surface area contributed by atoms with E-state index in [4.69, 9.17) is 5.73 Å². The number of non-ortho nitro benzene ring substituents is 1. The van der Waals surface area contributed by atoms with E-state index < -0.39 is 14.9 Å². The highest BCUT2D eigenvalue weighted by atomic mass is 32.2. The minimum absolute atomic E-state index is 0.00974. The second-order valence-corrected chi connectivity index (χ2v) is 9.01. The van der Waals surface area contributed by atoms with Crippen LogP contribution >= 0.6 is 0 Å². The minimum Gasteiger partial charge on any atom is -0.330 e. The van der Waals surface area contributed by atoms with Crippen molar-refractivity contribution >= 4 is 15.7 Å². The van der Waals surface area contributed by atoms with E-state index >= 15 is 0 Å². The Morgan fingerprint density at radius 2 is 1.79 bits per heavy atom. The highest BCUT2D eigenvalue weighted by Gasteiger charge is 2.37. The van der Waals surface area contributed by atoms with Crippen molar-refractivity contribution in [1.82, 2.24) is 4.31 Å². The van der Waals surface area contributed by atoms with Crippen molar-refractivity contribution in [3.8, 4) is 0 Å². The van der Waals surface area contributed by atoms with Crippen LogP contribution in [-0.4, -0.2) is 36.8 Å². The summed E-state index contributed by atoms with van der Waals surface area (Å²) in [5.41, 5.74) is 7.06. The number of nitro benzene ring substituents is 1. The fourth-order valence-corrected chi connectivity index (χ4v) is 5.62. The summed E-state index contributed by atoms with van der Waals surface area (Å²) in [7, 11) is -3.75. The molecule has 0 bridgehead atoms. The van der Waals surface area contributed by atoms with Crippen molar-refractivity contribution in [2.45, 2.75) is 36.6 Å². The summed E-state index contributed by atoms with van der Waals surface area (Å²) in [6.07, 6.45) is 3.24. The number of hydrogen-bond acceptors (Lipinski definition) is 5. The van der Waals surface area contributed by atoms with E-state index in [2.05, 4.69) is 0 Å². The zero-order chi connectivity index (χ0) is 20.1. The Morgan fingerprint density at radius 1 is 1.11 bits per heavy atom. The van der Waals surface area contributed by atoms with Gasteiger partial charge in [0, 0.05) is 24.7 Å². The van der Waals surface area contributed by atoms with Crippen LogP contribution < -0.4 is 5.73 Å². The molecule has 1 heterocycles. The monoisotopic (exact) mass is 403 g/mol. The number of sulfonamides is 1. The Kier molecular flexibility index (Phi) is 6.43. The van der Waals surface area contributed by atoms with Gasteiger partial charge >= 0.3 is 0 Å². The molecule has 1 fully saturated rings. The van der Waals surface area contributed by atoms with Gasteiger partial charge in [-0.05, 0) is 49.4 Å². The quantitative estimate of drug-likeness (QED) is 0.565. The SMILES string of the molecule is NC[C@@H](Cc1ccccc1)[C@H]1CCCCN1S(=O)(=O)c1ccc([N+](=O)[O-])cc1. The van der Waals surface area contributed by atoms with E-state index in [1.165, 1.54) is 24.3 Å². The first-order valence-electron chi connectivity index (χ1n) is 9.44. The van der Waals surface area contributed by atoms with E-state index in [9.17, 15) is 18.5 Å². The van der Waals surface area contributed by atoms with Gasteiger partial charge in [-0.3, -0.25) is 10.1 Å². The molecule has 3 rings (SSSR count). The molecule has 1 aliphatic heterocycles. The lowest BCUT2D eigenvalue weighted by Crippen LogP contribution is -2.49. The smallest absolute Gasteiger partial charge is 0.269 e. The fraction of sp³-hybridized carbons (Fsp3) is 0.400. The minimum atomic E-state index is -3.75. The molecule has 2 aromatic carbocycles. The Balaban J connectivity index is 1.87. The van der Waals surface area contributed by atoms with Gasteiger partial charge in [0.05, 0.1) is 9.82 Å². The highest BCUT2D eigenvalue weighted by molar-refractivity contribution is 7.89. The fourth-order valence-electron chi connectivity index (χ4n) is 3.87. The second-order valence-electron chi connectivity index (χ2n) is 7.12. The average molecular weight is 404 g/mol. The van der Waals surface area contributed by atoms with E-state index in [1.807, 2.05) is 30.3 Å². The van der Waals surface area contributed by atoms with Gasteiger partial charge in [0.15, 0.2) is 0 Å². The molecule has 7 nitrogen and oxygen atoms in total. The van der Waals surface area contributed by atoms with Gasteiger partial charge in [-0.25, -0.2) is 8.42 Å². The third kappa shape index (κ3) is 4.40. The number of nitrogens with zero attached hydrogens (tertiary/aromatic N) is 2. The lowest BCUT2D eigenvalue weighted by molar-refractivity contribution is -0.384. The third-order valence-electron chi connectivity index (χ3n) is 5.34. The Bertz CT molecular complexity index is 901. The van der Waals surface area contributed by atoms with E-state index in [1.54, 1.807) is 4.31 Å². The number of hydrogen-bond donors (Lipinski definition) is 1. The summed E-state index contributed by atoms with van der Waals surface area (Å²) in [5, 5.41) is 10.8. The van der Waals surface area contributed by atoms with Crippen LogP contribution in [0.3, 0.4) is 0 Å². The molecule has 0 unspecified atom stereocenters. The van der Waals surface area contributed by atoms with E-state index in [-0.39, 0.29) is 22.5 Å². The van der Waals surface area contributed by atoms with Gasteiger partial charge in [0.25, 0.3) is 5.69 Å². The molecule has 0 radical (unpaired) electrons. The van der Waals surface area contributed by atoms with Gasteiger partial charge < -0.3 is 5.73 Å². The van der Waals surface area contributed by atoms with Gasteiger partial charge in [0.1, 0.15) is 0 Å². The van der Waals surface area contributed by atoms with Crippen LogP contribution in [0.25, 0.3) is 0 Å². The predicted molar refractivity (Wildman–Crippen MR) is 107 cm³/mol. The van der Waals surface area contributed by atoms with Crippen molar-refractivity contribution in [3.63, 3.8) is 0 Å². The van der Waals surface area contributed by atoms with Crippen molar-refractivity contribution in [2.24, 2.45) is 11.7 Å². The first kappa shape index (κ1) is 20.4. The average Bonchev–Trinajstić information content (AvgIpc) is 2.73. The molecule has 150 valence electrons. The molecule has 0 aliphatic carbocycles. The van der Waals surface area contributed by atoms with Crippen LogP contribution in [-0.2, 0) is 16.4 Å². The van der Waals surface area contributed by atoms with Gasteiger partial charge in [-0.2, -0.15) is 4.31 Å². The molecule has 0 aromatic heterocycles. The zero-order valence-electron chi connectivity index (χ0n) is 15.6.